The van der Waals surface area contributed by atoms with Crippen LogP contribution in [0.4, 0.5) is 4.39 Å². The molecule has 0 atom stereocenters. The summed E-state index contributed by atoms with van der Waals surface area (Å²) in [5, 5.41) is 2.55. The maximum Gasteiger partial charge on any atom is 0.272 e. The Hall–Kier alpha value is -0.970. The molecule has 76 valence electrons. The van der Waals surface area contributed by atoms with Crippen LogP contribution in [0.15, 0.2) is 16.7 Å². The van der Waals surface area contributed by atoms with E-state index < -0.39 is 11.7 Å². The molecule has 0 aliphatic carbocycles. The predicted molar refractivity (Wildman–Crippen MR) is 54.5 cm³/mol. The Labute approximate surface area is 89.9 Å². The van der Waals surface area contributed by atoms with E-state index in [9.17, 15) is 9.18 Å². The lowest BCUT2D eigenvalue weighted by Crippen LogP contribution is -2.26. The van der Waals surface area contributed by atoms with Gasteiger partial charge in [-0.1, -0.05) is 6.92 Å². The van der Waals surface area contributed by atoms with Crippen LogP contribution in [0.5, 0.6) is 0 Å². The number of nitrogens with one attached hydrogen (secondary N) is 1. The average Bonchev–Trinajstić information content (AvgIpc) is 2.14. The normalized spacial score (nSPS) is 9.93. The number of pyridine rings is 1. The van der Waals surface area contributed by atoms with Crippen LogP contribution >= 0.6 is 15.9 Å². The number of halogens is 2. The minimum atomic E-state index is -0.618. The zero-order chi connectivity index (χ0) is 10.6. The number of nitrogens with zero attached hydrogens (tertiary/aromatic N) is 1. The Morgan fingerprint density at radius 3 is 3.00 bits per heavy atom. The van der Waals surface area contributed by atoms with E-state index in [1.807, 2.05) is 6.92 Å². The van der Waals surface area contributed by atoms with Crippen LogP contribution in [0.25, 0.3) is 0 Å². The molecule has 0 bridgehead atoms. The lowest BCUT2D eigenvalue weighted by molar-refractivity contribution is 0.0944. The van der Waals surface area contributed by atoms with Gasteiger partial charge < -0.3 is 5.32 Å². The van der Waals surface area contributed by atoms with E-state index >= 15 is 0 Å². The van der Waals surface area contributed by atoms with Crippen molar-refractivity contribution in [1.82, 2.24) is 10.3 Å². The first-order chi connectivity index (χ1) is 6.65. The Morgan fingerprint density at radius 1 is 1.71 bits per heavy atom. The van der Waals surface area contributed by atoms with Crippen molar-refractivity contribution in [3.63, 3.8) is 0 Å². The van der Waals surface area contributed by atoms with E-state index in [4.69, 9.17) is 0 Å². The van der Waals surface area contributed by atoms with Gasteiger partial charge in [0, 0.05) is 17.2 Å². The summed E-state index contributed by atoms with van der Waals surface area (Å²) in [5.74, 6) is -1.09. The molecule has 1 amide bonds. The molecule has 5 heteroatoms. The molecule has 0 aromatic carbocycles. The van der Waals surface area contributed by atoms with Crippen molar-refractivity contribution in [2.45, 2.75) is 13.3 Å². The van der Waals surface area contributed by atoms with Gasteiger partial charge in [-0.05, 0) is 28.4 Å². The topological polar surface area (TPSA) is 42.0 Å². The molecular weight excluding hydrogens is 251 g/mol. The second kappa shape index (κ2) is 5.05. The van der Waals surface area contributed by atoms with E-state index in [1.165, 1.54) is 12.3 Å². The summed E-state index contributed by atoms with van der Waals surface area (Å²) in [5.41, 5.74) is -0.165. The van der Waals surface area contributed by atoms with Crippen LogP contribution in [-0.2, 0) is 0 Å². The Kier molecular flexibility index (Phi) is 4.00. The Bertz CT molecular complexity index is 344. The summed E-state index contributed by atoms with van der Waals surface area (Å²) < 4.78 is 13.7. The fourth-order valence-electron chi connectivity index (χ4n) is 0.904. The molecule has 0 radical (unpaired) electrons. The standard InChI is InChI=1S/C9H10BrFN2O/c1-2-3-12-9(14)8-7(11)4-6(10)5-13-8/h4-5H,2-3H2,1H3,(H,12,14). The first kappa shape index (κ1) is 11.1. The molecule has 0 aliphatic rings. The SMILES string of the molecule is CCCNC(=O)c1ncc(Br)cc1F. The number of carbonyl (C=O) groups is 1. The first-order valence-electron chi connectivity index (χ1n) is 4.24. The number of hydrogen-bond acceptors (Lipinski definition) is 2. The lowest BCUT2D eigenvalue weighted by Gasteiger charge is -2.03. The summed E-state index contributed by atoms with van der Waals surface area (Å²) in [6, 6.07) is 1.22. The number of rotatable bonds is 3. The highest BCUT2D eigenvalue weighted by molar-refractivity contribution is 9.10. The molecule has 14 heavy (non-hydrogen) atoms. The maximum atomic E-state index is 13.2. The Balaban J connectivity index is 2.80. The Morgan fingerprint density at radius 2 is 2.43 bits per heavy atom. The number of aromatic nitrogens is 1. The molecule has 0 fully saturated rings. The van der Waals surface area contributed by atoms with Crippen molar-refractivity contribution in [2.24, 2.45) is 0 Å². The molecule has 1 rings (SSSR count). The summed E-state index contributed by atoms with van der Waals surface area (Å²) in [7, 11) is 0. The van der Waals surface area contributed by atoms with Gasteiger partial charge in [-0.3, -0.25) is 4.79 Å². The molecular formula is C9H10BrFN2O. The highest BCUT2D eigenvalue weighted by Gasteiger charge is 2.12. The van der Waals surface area contributed by atoms with E-state index in [0.717, 1.165) is 6.42 Å². The molecule has 1 heterocycles. The van der Waals surface area contributed by atoms with Crippen molar-refractivity contribution in [3.05, 3.63) is 28.2 Å². The largest absolute Gasteiger partial charge is 0.351 e. The third-order valence-electron chi connectivity index (χ3n) is 1.56. The van der Waals surface area contributed by atoms with Crippen LogP contribution in [0.2, 0.25) is 0 Å². The second-order valence-electron chi connectivity index (χ2n) is 2.74. The molecule has 3 nitrogen and oxygen atoms in total. The highest BCUT2D eigenvalue weighted by Crippen LogP contribution is 2.12. The average molecular weight is 261 g/mol. The molecule has 0 spiro atoms. The van der Waals surface area contributed by atoms with Gasteiger partial charge in [0.05, 0.1) is 0 Å². The third-order valence-corrected chi connectivity index (χ3v) is 1.99. The van der Waals surface area contributed by atoms with Crippen LogP contribution < -0.4 is 5.32 Å². The summed E-state index contributed by atoms with van der Waals surface area (Å²) in [4.78, 5) is 15.0. The number of amides is 1. The molecule has 0 unspecified atom stereocenters. The predicted octanol–water partition coefficient (Wildman–Crippen LogP) is 2.12. The smallest absolute Gasteiger partial charge is 0.272 e. The number of hydrogen-bond donors (Lipinski definition) is 1. The second-order valence-corrected chi connectivity index (χ2v) is 3.66. The van der Waals surface area contributed by atoms with E-state index in [1.54, 1.807) is 0 Å². The molecule has 1 aromatic rings. The fourth-order valence-corrected chi connectivity index (χ4v) is 1.21. The van der Waals surface area contributed by atoms with Gasteiger partial charge in [0.1, 0.15) is 0 Å². The van der Waals surface area contributed by atoms with Crippen molar-refractivity contribution < 1.29 is 9.18 Å². The minimum absolute atomic E-state index is 0.165. The molecule has 1 N–H and O–H groups in total. The van der Waals surface area contributed by atoms with E-state index in [0.29, 0.717) is 11.0 Å². The van der Waals surface area contributed by atoms with Crippen LogP contribution in [0.1, 0.15) is 23.8 Å². The molecule has 1 aromatic heterocycles. The van der Waals surface area contributed by atoms with Crippen LogP contribution in [-0.4, -0.2) is 17.4 Å². The van der Waals surface area contributed by atoms with Crippen LogP contribution in [0.3, 0.4) is 0 Å². The zero-order valence-electron chi connectivity index (χ0n) is 7.68. The van der Waals surface area contributed by atoms with Crippen LogP contribution in [0, 0.1) is 5.82 Å². The van der Waals surface area contributed by atoms with Gasteiger partial charge in [0.15, 0.2) is 11.5 Å². The molecule has 0 saturated carbocycles. The monoisotopic (exact) mass is 260 g/mol. The van der Waals surface area contributed by atoms with Crippen molar-refractivity contribution in [3.8, 4) is 0 Å². The van der Waals surface area contributed by atoms with Gasteiger partial charge in [-0.25, -0.2) is 9.37 Å². The van der Waals surface area contributed by atoms with Gasteiger partial charge in [-0.2, -0.15) is 0 Å². The fraction of sp³-hybridized carbons (Fsp3) is 0.333. The summed E-state index contributed by atoms with van der Waals surface area (Å²) in [6.45, 7) is 2.45. The lowest BCUT2D eigenvalue weighted by atomic mass is 10.3. The van der Waals surface area contributed by atoms with Gasteiger partial charge in [0.2, 0.25) is 0 Å². The van der Waals surface area contributed by atoms with Crippen molar-refractivity contribution in [2.75, 3.05) is 6.54 Å². The quantitative estimate of drug-likeness (QED) is 0.905. The minimum Gasteiger partial charge on any atom is -0.351 e. The van der Waals surface area contributed by atoms with Gasteiger partial charge in [0.25, 0.3) is 5.91 Å². The highest BCUT2D eigenvalue weighted by atomic mass is 79.9. The summed E-state index contributed by atoms with van der Waals surface area (Å²) >= 11 is 3.06. The van der Waals surface area contributed by atoms with Crippen molar-refractivity contribution >= 4 is 21.8 Å². The molecule has 0 aliphatic heterocycles. The van der Waals surface area contributed by atoms with E-state index in [-0.39, 0.29) is 5.69 Å². The zero-order valence-corrected chi connectivity index (χ0v) is 9.27. The first-order valence-corrected chi connectivity index (χ1v) is 5.03. The van der Waals surface area contributed by atoms with Crippen molar-refractivity contribution in [1.29, 1.82) is 0 Å². The maximum absolute atomic E-state index is 13.2. The third kappa shape index (κ3) is 2.77. The summed E-state index contributed by atoms with van der Waals surface area (Å²) in [6.07, 6.45) is 2.20. The van der Waals surface area contributed by atoms with E-state index in [2.05, 4.69) is 26.2 Å². The number of carbonyl (C=O) groups excluding carboxylic acids is 1. The van der Waals surface area contributed by atoms with Gasteiger partial charge in [-0.15, -0.1) is 0 Å². The molecule has 0 saturated heterocycles. The van der Waals surface area contributed by atoms with Gasteiger partial charge >= 0.3 is 0 Å².